The zero-order chi connectivity index (χ0) is 23.5. The zero-order valence-corrected chi connectivity index (χ0v) is 29.3. The predicted molar refractivity (Wildman–Crippen MR) is 87.0 cm³/mol. The Hall–Kier alpha value is 2.30. The molecule has 0 fully saturated rings. The van der Waals surface area contributed by atoms with Gasteiger partial charge in [0.05, 0.1) is 0 Å². The van der Waals surface area contributed by atoms with E-state index < -0.39 is 126 Å². The first-order valence-electron chi connectivity index (χ1n) is 3.75. The van der Waals surface area contributed by atoms with Gasteiger partial charge in [0, 0.05) is 6.57 Å². The molecule has 0 aromatic heterocycles. The molecule has 0 amide bonds. The molecule has 0 saturated carbocycles. The fourth-order valence-corrected chi connectivity index (χ4v) is 0. The van der Waals surface area contributed by atoms with Crippen LogP contribution in [0.2, 0.25) is 0 Å². The first-order valence-corrected chi connectivity index (χ1v) is 23.7. The molecule has 0 heterocycles. The SMILES string of the molecule is C#N.F.F.F.F.F.F.[O]=[Sb]([OH])[OH].[O]=[Sb]([OH])[OH].[O]=[Sb]([OH])[OH].[O]=[Sb]([OH])[OH].[O]=[Sb]([OH])[OH].[O]=[Sb]([OH])[OH]. The molecule has 32 heavy (non-hydrogen) atoms. The van der Waals surface area contributed by atoms with Gasteiger partial charge in [-0.1, -0.05) is 0 Å². The van der Waals surface area contributed by atoms with Crippen LogP contribution >= 0.6 is 0 Å². The third-order valence-corrected chi connectivity index (χ3v) is 0. The van der Waals surface area contributed by atoms with E-state index in [9.17, 15) is 0 Å². The van der Waals surface area contributed by atoms with Gasteiger partial charge in [-0.2, -0.15) is 0 Å². The fourth-order valence-electron chi connectivity index (χ4n) is 0. The van der Waals surface area contributed by atoms with Gasteiger partial charge < -0.3 is 0 Å². The number of nitrogens with zero attached hydrogens (tertiary/aromatic N) is 1. The fraction of sp³-hybridized carbons (Fsp3) is 0. The van der Waals surface area contributed by atoms with E-state index in [4.69, 9.17) is 64.0 Å². The van der Waals surface area contributed by atoms with Crippen molar-refractivity contribution in [3.63, 3.8) is 0 Å². The molecular formula is CH19F6NO18Sb6. The molecule has 0 aromatic carbocycles. The Bertz CT molecular complexity index is 320. The zero-order valence-electron chi connectivity index (χ0n) is 14.0. The molecule has 0 aromatic rings. The third-order valence-electron chi connectivity index (χ3n) is 0. The van der Waals surface area contributed by atoms with E-state index in [-0.39, 0.29) is 28.2 Å². The number of hydrogen-bond acceptors (Lipinski definition) is 7. The Kier molecular flexibility index (Phi) is 221. The van der Waals surface area contributed by atoms with E-state index in [0.717, 1.165) is 0 Å². The van der Waals surface area contributed by atoms with Gasteiger partial charge in [0.25, 0.3) is 0 Å². The summed E-state index contributed by atoms with van der Waals surface area (Å²) in [6.45, 7) is 3.50. The molecule has 6 radical (unpaired) electrons. The van der Waals surface area contributed by atoms with Crippen molar-refractivity contribution in [2.75, 3.05) is 0 Å². The van der Waals surface area contributed by atoms with Gasteiger partial charge >= 0.3 is 185 Å². The summed E-state index contributed by atoms with van der Waals surface area (Å²) in [7, 11) is 0. The summed E-state index contributed by atoms with van der Waals surface area (Å²) in [6.07, 6.45) is 0. The summed E-state index contributed by atoms with van der Waals surface area (Å²) in [6, 6.07) is 0. The van der Waals surface area contributed by atoms with E-state index in [2.05, 4.69) is 6.57 Å². The molecule has 0 aliphatic rings. The van der Waals surface area contributed by atoms with Crippen molar-refractivity contribution >= 4 is 126 Å². The quantitative estimate of drug-likeness (QED) is 0.0792. The normalized spacial score (nSPS) is 4.94. The number of halogens is 6. The Balaban J connectivity index is -0.0000000117. The van der Waals surface area contributed by atoms with Gasteiger partial charge in [0.15, 0.2) is 0 Å². The molecular weight excluding hydrogens is 1160 g/mol. The van der Waals surface area contributed by atoms with Crippen LogP contribution in [0.25, 0.3) is 0 Å². The monoisotopic (exact) mass is 1170 g/mol. The Morgan fingerprint density at radius 2 is 0.312 bits per heavy atom. The summed E-state index contributed by atoms with van der Waals surface area (Å²) in [5.74, 6) is 0. The molecule has 0 bridgehead atoms. The minimum atomic E-state index is -3.70. The van der Waals surface area contributed by atoms with Crippen molar-refractivity contribution in [1.82, 2.24) is 0 Å². The Labute approximate surface area is 221 Å². The summed E-state index contributed by atoms with van der Waals surface area (Å²) in [5, 5.41) is 6.50. The molecule has 0 saturated heterocycles. The average Bonchev–Trinajstić information content (AvgIpc) is 2.25. The maximum atomic E-state index is 8.82. The Morgan fingerprint density at radius 3 is 0.312 bits per heavy atom. The summed E-state index contributed by atoms with van der Waals surface area (Å²) in [5.41, 5.74) is 0. The second-order valence-corrected chi connectivity index (χ2v) is 10.2. The average molecular weight is 1180 g/mol. The van der Waals surface area contributed by atoms with Gasteiger partial charge in [-0.25, -0.2) is 5.26 Å². The van der Waals surface area contributed by atoms with Crippen LogP contribution in [0.4, 0.5) is 28.2 Å². The summed E-state index contributed by atoms with van der Waals surface area (Å²) >= 11 is -22.2. The van der Waals surface area contributed by atoms with Crippen LogP contribution in [0.5, 0.6) is 0 Å². The van der Waals surface area contributed by atoms with E-state index in [1.54, 1.807) is 0 Å². The van der Waals surface area contributed by atoms with E-state index in [1.807, 2.05) is 0 Å². The number of nitriles is 1. The van der Waals surface area contributed by atoms with Crippen LogP contribution < -0.4 is 0 Å². The third kappa shape index (κ3) is 5990. The second kappa shape index (κ2) is 84.3. The second-order valence-electron chi connectivity index (χ2n) is 1.52. The summed E-state index contributed by atoms with van der Waals surface area (Å²) in [4.78, 5) is 0. The molecule has 0 spiro atoms. The van der Waals surface area contributed by atoms with Gasteiger partial charge in [0.1, 0.15) is 0 Å². The standard InChI is InChI=1S/CHN.6FH.12H2O.6O.6Sb/c1-2;;;;;;;;;;;;;;;;;;;;;;;;;;;;;;/h1H;6*1H;12*1H2;;;;;;;;;;;;/q;;;;;;;;;;;;;;;;;;;;;;;;;6*+2/p-12. The van der Waals surface area contributed by atoms with Crippen LogP contribution in [0.3, 0.4) is 0 Å². The predicted octanol–water partition coefficient (Wildman–Crippen LogP) is -8.63. The minimum absolute atomic E-state index is 0. The molecule has 12 N–H and O–H groups in total. The summed E-state index contributed by atoms with van der Waals surface area (Å²) < 4.78 is 140. The first kappa shape index (κ1) is 83.8. The van der Waals surface area contributed by atoms with Crippen molar-refractivity contribution in [3.8, 4) is 6.57 Å². The molecule has 19 nitrogen and oxygen atoms in total. The molecule has 0 rings (SSSR count). The van der Waals surface area contributed by atoms with Crippen LogP contribution in [0, 0.1) is 11.8 Å². The van der Waals surface area contributed by atoms with Crippen LogP contribution in [-0.4, -0.2) is 167 Å². The molecule has 208 valence electrons. The first-order chi connectivity index (χ1) is 11.4. The van der Waals surface area contributed by atoms with Crippen LogP contribution in [0.15, 0.2) is 0 Å². The maximum absolute atomic E-state index is 8.82. The van der Waals surface area contributed by atoms with Gasteiger partial charge in [-0.3, -0.25) is 28.2 Å². The van der Waals surface area contributed by atoms with Crippen LogP contribution in [-0.2, 0) is 18.1 Å². The Morgan fingerprint density at radius 1 is 0.312 bits per heavy atom. The number of rotatable bonds is 0. The van der Waals surface area contributed by atoms with E-state index in [1.165, 1.54) is 0 Å². The van der Waals surface area contributed by atoms with Gasteiger partial charge in [0.2, 0.25) is 0 Å². The topological polar surface area (TPSA) is 369 Å². The number of hydrogen-bond donors (Lipinski definition) is 12. The van der Waals surface area contributed by atoms with E-state index >= 15 is 0 Å². The molecule has 0 atom stereocenters. The van der Waals surface area contributed by atoms with Gasteiger partial charge in [-0.15, -0.1) is 0 Å². The van der Waals surface area contributed by atoms with E-state index in [0.29, 0.717) is 0 Å². The molecule has 0 aliphatic carbocycles. The van der Waals surface area contributed by atoms with Crippen molar-refractivity contribution in [3.05, 3.63) is 0 Å². The van der Waals surface area contributed by atoms with Gasteiger partial charge in [-0.05, 0) is 0 Å². The van der Waals surface area contributed by atoms with Crippen molar-refractivity contribution in [1.29, 1.82) is 5.26 Å². The van der Waals surface area contributed by atoms with Crippen molar-refractivity contribution in [2.45, 2.75) is 0 Å². The molecule has 0 aliphatic heterocycles. The van der Waals surface area contributed by atoms with Crippen LogP contribution in [0.1, 0.15) is 0 Å². The molecule has 0 unspecified atom stereocenters. The molecule has 31 heteroatoms. The van der Waals surface area contributed by atoms with Crippen molar-refractivity contribution < 1.29 is 87.0 Å². The van der Waals surface area contributed by atoms with Crippen molar-refractivity contribution in [2.24, 2.45) is 0 Å².